The summed E-state index contributed by atoms with van der Waals surface area (Å²) in [6.45, 7) is 0. The minimum Gasteiger partial charge on any atom is -0.478 e. The number of carbonyl (C=O) groups excluding carboxylic acids is 2. The molecular formula is C44H41N3O5. The van der Waals surface area contributed by atoms with Gasteiger partial charge in [0.15, 0.2) is 0 Å². The van der Waals surface area contributed by atoms with Crippen LogP contribution < -0.4 is 5.32 Å². The first-order valence-corrected chi connectivity index (χ1v) is 18.0. The minimum atomic E-state index is -1.23. The van der Waals surface area contributed by atoms with E-state index in [1.807, 2.05) is 91.0 Å². The summed E-state index contributed by atoms with van der Waals surface area (Å²) in [6, 6.07) is 37.4. The van der Waals surface area contributed by atoms with Crippen LogP contribution in [-0.4, -0.2) is 32.9 Å². The molecule has 1 atom stereocenters. The Balaban J connectivity index is 1.18. The van der Waals surface area contributed by atoms with E-state index in [2.05, 4.69) is 22.4 Å². The number of carboxylic acids is 1. The quantitative estimate of drug-likeness (QED) is 0.0919. The fourth-order valence-electron chi connectivity index (χ4n) is 7.13. The Bertz CT molecular complexity index is 2190. The first kappa shape index (κ1) is 34.4. The first-order valence-electron chi connectivity index (χ1n) is 18.0. The number of carboxylic acid groups (broad SMARTS) is 1. The van der Waals surface area contributed by atoms with Crippen LogP contribution in [0.4, 0.5) is 5.69 Å². The minimum absolute atomic E-state index is 0.0155. The number of aromatic carboxylic acids is 1. The van der Waals surface area contributed by atoms with Crippen molar-refractivity contribution in [3.63, 3.8) is 0 Å². The molecule has 0 radical (unpaired) electrons. The molecule has 1 fully saturated rings. The predicted octanol–water partition coefficient (Wildman–Crippen LogP) is 9.83. The Morgan fingerprint density at radius 1 is 0.769 bits per heavy atom. The third kappa shape index (κ3) is 8.29. The van der Waals surface area contributed by atoms with Gasteiger partial charge < -0.3 is 20.1 Å². The standard InChI is InChI=1S/C44H41N3O5/c48-42(40-38(23-29-13-5-1-2-6-14-29)46-41(47-40)34-22-21-31-17-11-12-20-33(31)25-34)45-37-27-35(43(49)50)26-36(28-37)44(51)52-39(32-18-9-4-10-19-32)24-30-15-7-3-8-16-30/h3-4,7-12,15-22,25-29,39H,1-2,5-6,13-14,23-24H2,(H,45,48)(H,46,47)(H,49,50). The lowest BCUT2D eigenvalue weighted by molar-refractivity contribution is 0.0297. The first-order chi connectivity index (χ1) is 25.4. The van der Waals surface area contributed by atoms with E-state index in [9.17, 15) is 19.5 Å². The number of imidazole rings is 1. The van der Waals surface area contributed by atoms with Gasteiger partial charge in [-0.25, -0.2) is 14.6 Å². The van der Waals surface area contributed by atoms with Crippen molar-refractivity contribution in [3.05, 3.63) is 155 Å². The number of carbonyl (C=O) groups is 3. The molecule has 1 aliphatic rings. The molecule has 5 aromatic carbocycles. The summed E-state index contributed by atoms with van der Waals surface area (Å²) in [4.78, 5) is 48.3. The summed E-state index contributed by atoms with van der Waals surface area (Å²) >= 11 is 0. The Hall–Kier alpha value is -6.02. The molecule has 1 aliphatic carbocycles. The molecule has 8 nitrogen and oxygen atoms in total. The number of nitrogens with zero attached hydrogens (tertiary/aromatic N) is 1. The fraction of sp³-hybridized carbons (Fsp3) is 0.227. The Morgan fingerprint density at radius 3 is 2.17 bits per heavy atom. The second kappa shape index (κ2) is 15.9. The molecule has 0 aliphatic heterocycles. The molecule has 1 heterocycles. The van der Waals surface area contributed by atoms with Crippen LogP contribution >= 0.6 is 0 Å². The largest absolute Gasteiger partial charge is 0.478 e. The van der Waals surface area contributed by atoms with E-state index in [0.717, 1.165) is 58.8 Å². The molecule has 1 amide bonds. The second-order valence-electron chi connectivity index (χ2n) is 13.6. The summed E-state index contributed by atoms with van der Waals surface area (Å²) in [5.74, 6) is -1.41. The maximum Gasteiger partial charge on any atom is 0.338 e. The lowest BCUT2D eigenvalue weighted by atomic mass is 9.94. The van der Waals surface area contributed by atoms with Gasteiger partial charge in [0.25, 0.3) is 5.91 Å². The molecule has 0 spiro atoms. The zero-order valence-corrected chi connectivity index (χ0v) is 28.9. The normalized spacial score (nSPS) is 14.0. The lowest BCUT2D eigenvalue weighted by Crippen LogP contribution is -2.18. The maximum absolute atomic E-state index is 14.1. The highest BCUT2D eigenvalue weighted by molar-refractivity contribution is 6.06. The van der Waals surface area contributed by atoms with Gasteiger partial charge in [-0.1, -0.05) is 136 Å². The number of anilines is 1. The molecule has 1 unspecified atom stereocenters. The van der Waals surface area contributed by atoms with Crippen LogP contribution in [0.5, 0.6) is 0 Å². The van der Waals surface area contributed by atoms with Crippen molar-refractivity contribution in [1.29, 1.82) is 0 Å². The zero-order valence-electron chi connectivity index (χ0n) is 28.9. The van der Waals surface area contributed by atoms with Gasteiger partial charge in [0.1, 0.15) is 17.6 Å². The summed E-state index contributed by atoms with van der Waals surface area (Å²) in [5.41, 5.74) is 3.68. The number of aromatic nitrogens is 2. The number of rotatable bonds is 11. The van der Waals surface area contributed by atoms with Crippen LogP contribution in [0.25, 0.3) is 22.2 Å². The lowest BCUT2D eigenvalue weighted by Gasteiger charge is -2.19. The van der Waals surface area contributed by atoms with Crippen molar-refractivity contribution < 1.29 is 24.2 Å². The molecule has 262 valence electrons. The fourth-order valence-corrected chi connectivity index (χ4v) is 7.13. The van der Waals surface area contributed by atoms with Crippen molar-refractivity contribution in [2.24, 2.45) is 5.92 Å². The number of ether oxygens (including phenoxy) is 1. The van der Waals surface area contributed by atoms with Crippen LogP contribution in [-0.2, 0) is 17.6 Å². The van der Waals surface area contributed by atoms with Crippen molar-refractivity contribution >= 4 is 34.3 Å². The van der Waals surface area contributed by atoms with Crippen LogP contribution in [0.15, 0.2) is 121 Å². The maximum atomic E-state index is 14.1. The molecule has 7 rings (SSSR count). The summed E-state index contributed by atoms with van der Waals surface area (Å²) in [5, 5.41) is 15.0. The SMILES string of the molecule is O=C(O)c1cc(NC(=O)c2nc(-c3ccc4ccccc4c3)[nH]c2CC2CCCCCC2)cc(C(=O)OC(Cc2ccccc2)c2ccccc2)c1. The number of hydrogen-bond acceptors (Lipinski definition) is 5. The number of H-pyrrole nitrogens is 1. The van der Waals surface area contributed by atoms with Crippen LogP contribution in [0, 0.1) is 5.92 Å². The summed E-state index contributed by atoms with van der Waals surface area (Å²) in [7, 11) is 0. The Kier molecular flexibility index (Phi) is 10.5. The van der Waals surface area contributed by atoms with Gasteiger partial charge in [-0.05, 0) is 58.5 Å². The number of hydrogen-bond donors (Lipinski definition) is 3. The molecule has 52 heavy (non-hydrogen) atoms. The van der Waals surface area contributed by atoms with Gasteiger partial charge in [-0.3, -0.25) is 4.79 Å². The van der Waals surface area contributed by atoms with E-state index in [4.69, 9.17) is 9.72 Å². The van der Waals surface area contributed by atoms with Gasteiger partial charge in [-0.2, -0.15) is 0 Å². The molecule has 3 N–H and O–H groups in total. The molecule has 1 aromatic heterocycles. The van der Waals surface area contributed by atoms with E-state index >= 15 is 0 Å². The molecule has 0 saturated heterocycles. The third-order valence-electron chi connectivity index (χ3n) is 9.84. The summed E-state index contributed by atoms with van der Waals surface area (Å²) < 4.78 is 6.04. The van der Waals surface area contributed by atoms with Gasteiger partial charge >= 0.3 is 11.9 Å². The highest BCUT2D eigenvalue weighted by atomic mass is 16.5. The number of esters is 1. The molecule has 0 bridgehead atoms. The van der Waals surface area contributed by atoms with E-state index in [1.54, 1.807) is 0 Å². The van der Waals surface area contributed by atoms with Gasteiger partial charge in [-0.15, -0.1) is 0 Å². The van der Waals surface area contributed by atoms with Crippen LogP contribution in [0.1, 0.15) is 92.7 Å². The number of benzene rings is 5. The second-order valence-corrected chi connectivity index (χ2v) is 13.6. The highest BCUT2D eigenvalue weighted by Crippen LogP contribution is 2.30. The van der Waals surface area contributed by atoms with E-state index in [-0.39, 0.29) is 22.5 Å². The Labute approximate surface area is 302 Å². The van der Waals surface area contributed by atoms with Crippen LogP contribution in [0.3, 0.4) is 0 Å². The van der Waals surface area contributed by atoms with Gasteiger partial charge in [0.05, 0.1) is 11.1 Å². The van der Waals surface area contributed by atoms with E-state index < -0.39 is 23.9 Å². The van der Waals surface area contributed by atoms with E-state index in [1.165, 1.54) is 31.0 Å². The Morgan fingerprint density at radius 2 is 1.44 bits per heavy atom. The average Bonchev–Trinajstić information content (AvgIpc) is 3.42. The topological polar surface area (TPSA) is 121 Å². The van der Waals surface area contributed by atoms with Gasteiger partial charge in [0.2, 0.25) is 0 Å². The smallest absolute Gasteiger partial charge is 0.338 e. The molecule has 8 heteroatoms. The monoisotopic (exact) mass is 691 g/mol. The molecule has 1 saturated carbocycles. The molecule has 6 aromatic rings. The predicted molar refractivity (Wildman–Crippen MR) is 203 cm³/mol. The number of nitrogens with one attached hydrogen (secondary N) is 2. The van der Waals surface area contributed by atoms with Gasteiger partial charge in [0, 0.05) is 23.4 Å². The average molecular weight is 692 g/mol. The number of fused-ring (bicyclic) bond motifs is 1. The number of aromatic amines is 1. The highest BCUT2D eigenvalue weighted by Gasteiger charge is 2.25. The summed E-state index contributed by atoms with van der Waals surface area (Å²) in [6.07, 6.45) is 7.43. The van der Waals surface area contributed by atoms with E-state index in [0.29, 0.717) is 24.6 Å². The van der Waals surface area contributed by atoms with Crippen molar-refractivity contribution in [2.45, 2.75) is 57.5 Å². The van der Waals surface area contributed by atoms with Crippen LogP contribution in [0.2, 0.25) is 0 Å². The third-order valence-corrected chi connectivity index (χ3v) is 9.84. The number of amides is 1. The molecular weight excluding hydrogens is 651 g/mol. The zero-order chi connectivity index (χ0) is 35.9. The van der Waals surface area contributed by atoms with Crippen molar-refractivity contribution in [3.8, 4) is 11.4 Å². The van der Waals surface area contributed by atoms with Crippen molar-refractivity contribution in [1.82, 2.24) is 9.97 Å². The van der Waals surface area contributed by atoms with Crippen molar-refractivity contribution in [2.75, 3.05) is 5.32 Å².